The largest absolute Gasteiger partial charge is 0.480 e. The summed E-state index contributed by atoms with van der Waals surface area (Å²) in [6.45, 7) is 3.84. The van der Waals surface area contributed by atoms with E-state index in [1.54, 1.807) is 24.4 Å². The fourth-order valence-corrected chi connectivity index (χ4v) is 4.70. The van der Waals surface area contributed by atoms with Crippen LogP contribution in [0.5, 0.6) is 5.75 Å². The normalized spacial score (nSPS) is 12.3. The molecule has 0 unspecified atom stereocenters. The number of nitrogens with zero attached hydrogens (tertiary/aromatic N) is 3. The van der Waals surface area contributed by atoms with Crippen molar-refractivity contribution >= 4 is 70.9 Å². The van der Waals surface area contributed by atoms with E-state index in [2.05, 4.69) is 57.6 Å². The maximum Gasteiger partial charge on any atom is 0.343 e. The monoisotopic (exact) mass is 627 g/mol. The van der Waals surface area contributed by atoms with Crippen LogP contribution in [0.25, 0.3) is 10.9 Å². The van der Waals surface area contributed by atoms with Crippen molar-refractivity contribution < 1.29 is 14.3 Å². The van der Waals surface area contributed by atoms with E-state index >= 15 is 0 Å². The Morgan fingerprint density at radius 2 is 1.91 bits per heavy atom. The first-order chi connectivity index (χ1) is 15.2. The maximum absolute atomic E-state index is 13.2. The number of carbonyl (C=O) groups excluding carboxylic acids is 1. The fourth-order valence-electron chi connectivity index (χ4n) is 2.89. The van der Waals surface area contributed by atoms with Crippen LogP contribution < -0.4 is 10.3 Å². The van der Waals surface area contributed by atoms with Crippen molar-refractivity contribution in [1.29, 1.82) is 0 Å². The number of aromatic nitrogens is 2. The highest BCUT2D eigenvalue weighted by molar-refractivity contribution is 9.11. The van der Waals surface area contributed by atoms with Gasteiger partial charge in [0.05, 0.1) is 33.2 Å². The average molecular weight is 630 g/mol. The Balaban J connectivity index is 2.03. The molecule has 0 aliphatic carbocycles. The second-order valence-corrected chi connectivity index (χ2v) is 9.61. The number of esters is 1. The highest BCUT2D eigenvalue weighted by Crippen LogP contribution is 2.34. The molecule has 0 aliphatic rings. The van der Waals surface area contributed by atoms with Crippen LogP contribution in [-0.2, 0) is 9.53 Å². The number of carbonyl (C=O) groups is 1. The zero-order chi connectivity index (χ0) is 23.4. The van der Waals surface area contributed by atoms with Gasteiger partial charge in [-0.3, -0.25) is 4.79 Å². The van der Waals surface area contributed by atoms with Gasteiger partial charge in [0, 0.05) is 10.4 Å². The third-order valence-corrected chi connectivity index (χ3v) is 6.46. The molecule has 0 spiro atoms. The highest BCUT2D eigenvalue weighted by atomic mass is 79.9. The molecule has 10 heteroatoms. The fraction of sp³-hybridized carbons (Fsp3) is 0.273. The number of benzene rings is 2. The van der Waals surface area contributed by atoms with E-state index in [1.165, 1.54) is 11.8 Å². The quantitative estimate of drug-likeness (QED) is 0.250. The molecule has 0 radical (unpaired) electrons. The van der Waals surface area contributed by atoms with Gasteiger partial charge in [-0.1, -0.05) is 29.8 Å². The molecule has 2 aromatic carbocycles. The molecule has 0 aliphatic heterocycles. The van der Waals surface area contributed by atoms with E-state index < -0.39 is 5.97 Å². The summed E-state index contributed by atoms with van der Waals surface area (Å²) in [7, 11) is 1.30. The second-order valence-electron chi connectivity index (χ2n) is 6.98. The lowest BCUT2D eigenvalue weighted by molar-refractivity contribution is -0.142. The van der Waals surface area contributed by atoms with E-state index in [0.717, 1.165) is 10.9 Å². The minimum Gasteiger partial charge on any atom is -0.480 e. The Bertz CT molecular complexity index is 1230. The van der Waals surface area contributed by atoms with Crippen LogP contribution in [0.15, 0.2) is 53.6 Å². The van der Waals surface area contributed by atoms with Crippen molar-refractivity contribution in [3.63, 3.8) is 0 Å². The molecule has 1 heterocycles. The summed E-state index contributed by atoms with van der Waals surface area (Å²) < 4.78 is 13.5. The van der Waals surface area contributed by atoms with E-state index in [4.69, 9.17) is 9.72 Å². The standard InChI is InChI=1S/C22H20Br3N3O4/c1-4-12(2)21-27-18-6-5-14(23)9-15(18)22(30)28(21)26-10-13-7-16(24)20(17(25)8-13)32-11-19(29)31-3/h5-10,12H,4,11H2,1-3H3/t12-/m0/s1. The molecule has 168 valence electrons. The van der Waals surface area contributed by atoms with Crippen LogP contribution >= 0.6 is 47.8 Å². The van der Waals surface area contributed by atoms with E-state index in [1.807, 2.05) is 26.0 Å². The van der Waals surface area contributed by atoms with E-state index in [-0.39, 0.29) is 18.1 Å². The van der Waals surface area contributed by atoms with Crippen molar-refractivity contribution in [2.45, 2.75) is 26.2 Å². The number of hydrogen-bond donors (Lipinski definition) is 0. The molecule has 0 N–H and O–H groups in total. The minimum absolute atomic E-state index is 0.0421. The summed E-state index contributed by atoms with van der Waals surface area (Å²) in [6.07, 6.45) is 2.39. The zero-order valence-corrected chi connectivity index (χ0v) is 22.3. The molecule has 1 aromatic heterocycles. The third kappa shape index (κ3) is 5.47. The molecule has 7 nitrogen and oxygen atoms in total. The predicted octanol–water partition coefficient (Wildman–Crippen LogP) is 5.63. The second kappa shape index (κ2) is 10.7. The molecule has 3 rings (SSSR count). The molecule has 0 saturated heterocycles. The zero-order valence-electron chi connectivity index (χ0n) is 17.6. The van der Waals surface area contributed by atoms with Crippen molar-refractivity contribution in [1.82, 2.24) is 9.66 Å². The van der Waals surface area contributed by atoms with Crippen LogP contribution in [0.3, 0.4) is 0 Å². The van der Waals surface area contributed by atoms with Crippen LogP contribution in [0.1, 0.15) is 37.6 Å². The van der Waals surface area contributed by atoms with Crippen LogP contribution in [-0.4, -0.2) is 35.6 Å². The van der Waals surface area contributed by atoms with Gasteiger partial charge < -0.3 is 9.47 Å². The molecule has 32 heavy (non-hydrogen) atoms. The Morgan fingerprint density at radius 3 is 2.53 bits per heavy atom. The lowest BCUT2D eigenvalue weighted by atomic mass is 10.1. The van der Waals surface area contributed by atoms with Gasteiger partial charge in [0.1, 0.15) is 11.6 Å². The Hall–Kier alpha value is -2.04. The number of ether oxygens (including phenoxy) is 2. The first kappa shape index (κ1) is 24.6. The third-order valence-electron chi connectivity index (χ3n) is 4.79. The van der Waals surface area contributed by atoms with Crippen molar-refractivity contribution in [2.24, 2.45) is 5.10 Å². The van der Waals surface area contributed by atoms with Gasteiger partial charge in [0.25, 0.3) is 5.56 Å². The number of rotatable bonds is 7. The van der Waals surface area contributed by atoms with Gasteiger partial charge in [-0.15, -0.1) is 0 Å². The summed E-state index contributed by atoms with van der Waals surface area (Å²) in [5, 5.41) is 4.95. The Kier molecular flexibility index (Phi) is 8.24. The SMILES string of the molecule is CC[C@H](C)c1nc2ccc(Br)cc2c(=O)n1N=Cc1cc(Br)c(OCC(=O)OC)c(Br)c1. The van der Waals surface area contributed by atoms with Crippen molar-refractivity contribution in [3.8, 4) is 5.75 Å². The van der Waals surface area contributed by atoms with Crippen LogP contribution in [0.4, 0.5) is 0 Å². The van der Waals surface area contributed by atoms with Crippen molar-refractivity contribution in [3.05, 3.63) is 65.5 Å². The van der Waals surface area contributed by atoms with Crippen molar-refractivity contribution in [2.75, 3.05) is 13.7 Å². The first-order valence-electron chi connectivity index (χ1n) is 9.70. The highest BCUT2D eigenvalue weighted by Gasteiger charge is 2.16. The van der Waals surface area contributed by atoms with Gasteiger partial charge in [-0.2, -0.15) is 9.78 Å². The topological polar surface area (TPSA) is 82.8 Å². The molecular formula is C22H20Br3N3O4. The lowest BCUT2D eigenvalue weighted by Crippen LogP contribution is -2.23. The minimum atomic E-state index is -0.484. The number of hydrogen-bond acceptors (Lipinski definition) is 6. The number of methoxy groups -OCH3 is 1. The lowest BCUT2D eigenvalue weighted by Gasteiger charge is -2.14. The predicted molar refractivity (Wildman–Crippen MR) is 135 cm³/mol. The molecule has 1 atom stereocenters. The van der Waals surface area contributed by atoms with Gasteiger partial charge in [0.2, 0.25) is 0 Å². The van der Waals surface area contributed by atoms with E-state index in [0.29, 0.717) is 37.0 Å². The number of halogens is 3. The summed E-state index contributed by atoms with van der Waals surface area (Å²) in [5.41, 5.74) is 1.11. The van der Waals surface area contributed by atoms with Gasteiger partial charge in [0.15, 0.2) is 6.61 Å². The van der Waals surface area contributed by atoms with Gasteiger partial charge >= 0.3 is 5.97 Å². The summed E-state index contributed by atoms with van der Waals surface area (Å²) >= 11 is 10.3. The number of fused-ring (bicyclic) bond motifs is 1. The van der Waals surface area contributed by atoms with Gasteiger partial charge in [-0.25, -0.2) is 9.78 Å². The molecular weight excluding hydrogens is 610 g/mol. The maximum atomic E-state index is 13.2. The average Bonchev–Trinajstić information content (AvgIpc) is 2.77. The van der Waals surface area contributed by atoms with Crippen LogP contribution in [0, 0.1) is 0 Å². The van der Waals surface area contributed by atoms with E-state index in [9.17, 15) is 9.59 Å². The molecule has 0 amide bonds. The summed E-state index contributed by atoms with van der Waals surface area (Å²) in [5.74, 6) is 0.615. The Labute approximate surface area is 210 Å². The summed E-state index contributed by atoms with van der Waals surface area (Å²) in [6, 6.07) is 8.99. The molecule has 0 fully saturated rings. The Morgan fingerprint density at radius 1 is 1.22 bits per heavy atom. The van der Waals surface area contributed by atoms with Crippen LogP contribution in [0.2, 0.25) is 0 Å². The smallest absolute Gasteiger partial charge is 0.343 e. The first-order valence-corrected chi connectivity index (χ1v) is 12.1. The molecule has 3 aromatic rings. The van der Waals surface area contributed by atoms with Gasteiger partial charge in [-0.05, 0) is 74.2 Å². The molecule has 0 saturated carbocycles. The summed E-state index contributed by atoms with van der Waals surface area (Å²) in [4.78, 5) is 29.3. The molecule has 0 bridgehead atoms.